The molecule has 0 aliphatic carbocycles. The Kier molecular flexibility index (Phi) is 7.02. The Labute approximate surface area is 183 Å². The Morgan fingerprint density at radius 3 is 2.53 bits per heavy atom. The molecule has 3 rings (SSSR count). The van der Waals surface area contributed by atoms with Crippen LogP contribution in [0.1, 0.15) is 36.4 Å². The van der Waals surface area contributed by atoms with Gasteiger partial charge >= 0.3 is 12.1 Å². The summed E-state index contributed by atoms with van der Waals surface area (Å²) in [5.41, 5.74) is 1.77. The van der Waals surface area contributed by atoms with E-state index in [0.29, 0.717) is 29.4 Å². The molecule has 0 amide bonds. The van der Waals surface area contributed by atoms with E-state index in [0.717, 1.165) is 23.3 Å². The summed E-state index contributed by atoms with van der Waals surface area (Å²) in [7, 11) is 0. The predicted molar refractivity (Wildman–Crippen MR) is 113 cm³/mol. The van der Waals surface area contributed by atoms with E-state index in [1.165, 1.54) is 18.2 Å². The van der Waals surface area contributed by atoms with Crippen molar-refractivity contribution in [2.24, 2.45) is 0 Å². The van der Waals surface area contributed by atoms with Crippen LogP contribution in [0.3, 0.4) is 0 Å². The van der Waals surface area contributed by atoms with Gasteiger partial charge in [-0.05, 0) is 68.3 Å². The minimum absolute atomic E-state index is 0.111. The molecular weight excluding hydrogens is 423 g/mol. The number of carbonyl (C=O) groups excluding carboxylic acids is 1. The van der Waals surface area contributed by atoms with Gasteiger partial charge in [-0.1, -0.05) is 12.1 Å². The van der Waals surface area contributed by atoms with E-state index in [-0.39, 0.29) is 12.5 Å². The molecule has 0 N–H and O–H groups in total. The summed E-state index contributed by atoms with van der Waals surface area (Å²) in [4.78, 5) is 16.0. The van der Waals surface area contributed by atoms with Crippen LogP contribution in [-0.4, -0.2) is 17.6 Å². The Morgan fingerprint density at radius 2 is 1.88 bits per heavy atom. The quantitative estimate of drug-likeness (QED) is 0.319. The number of halogens is 3. The molecule has 0 aliphatic rings. The largest absolute Gasteiger partial charge is 0.487 e. The lowest BCUT2D eigenvalue weighted by molar-refractivity contribution is -0.138. The number of oxazole rings is 1. The minimum atomic E-state index is -4.40. The van der Waals surface area contributed by atoms with Gasteiger partial charge in [0, 0.05) is 11.6 Å². The van der Waals surface area contributed by atoms with E-state index >= 15 is 0 Å². The van der Waals surface area contributed by atoms with Crippen LogP contribution in [0.4, 0.5) is 13.2 Å². The minimum Gasteiger partial charge on any atom is -0.487 e. The van der Waals surface area contributed by atoms with Crippen molar-refractivity contribution in [1.82, 2.24) is 4.98 Å². The number of hydrogen-bond acceptors (Lipinski definition) is 5. The van der Waals surface area contributed by atoms with Gasteiger partial charge < -0.3 is 13.9 Å². The Balaban J connectivity index is 1.71. The lowest BCUT2D eigenvalue weighted by Crippen LogP contribution is -2.04. The van der Waals surface area contributed by atoms with Gasteiger partial charge in [-0.2, -0.15) is 13.2 Å². The summed E-state index contributed by atoms with van der Waals surface area (Å²) < 4.78 is 54.6. The molecule has 0 spiro atoms. The molecule has 0 atom stereocenters. The number of esters is 1. The number of hydrogen-bond donors (Lipinski definition) is 0. The van der Waals surface area contributed by atoms with Crippen molar-refractivity contribution >= 4 is 11.5 Å². The van der Waals surface area contributed by atoms with Gasteiger partial charge in [0.15, 0.2) is 0 Å². The lowest BCUT2D eigenvalue weighted by atomic mass is 10.1. The summed E-state index contributed by atoms with van der Waals surface area (Å²) in [6.07, 6.45) is -2.98. The Hall–Kier alpha value is -3.55. The predicted octanol–water partition coefficient (Wildman–Crippen LogP) is 6.21. The van der Waals surface area contributed by atoms with Crippen LogP contribution in [0.15, 0.2) is 59.0 Å². The fourth-order valence-electron chi connectivity index (χ4n) is 2.91. The van der Waals surface area contributed by atoms with E-state index in [1.54, 1.807) is 39.0 Å². The number of allylic oxidation sites excluding steroid dienone is 1. The van der Waals surface area contributed by atoms with Crippen LogP contribution in [-0.2, 0) is 22.3 Å². The Bertz CT molecular complexity index is 1120. The number of carbonyl (C=O) groups is 1. The molecule has 8 heteroatoms. The third-order valence-corrected chi connectivity index (χ3v) is 4.64. The number of nitrogens with zero attached hydrogens (tertiary/aromatic N) is 1. The van der Waals surface area contributed by atoms with Crippen molar-refractivity contribution in [3.05, 3.63) is 77.2 Å². The maximum Gasteiger partial charge on any atom is 0.416 e. The lowest BCUT2D eigenvalue weighted by Gasteiger charge is -2.08. The highest BCUT2D eigenvalue weighted by molar-refractivity contribution is 5.91. The first-order valence-corrected chi connectivity index (χ1v) is 9.89. The fourth-order valence-corrected chi connectivity index (χ4v) is 2.91. The van der Waals surface area contributed by atoms with Crippen molar-refractivity contribution in [2.75, 3.05) is 6.61 Å². The maximum atomic E-state index is 12.7. The van der Waals surface area contributed by atoms with Gasteiger partial charge in [0.05, 0.1) is 12.2 Å². The van der Waals surface area contributed by atoms with Gasteiger partial charge in [-0.15, -0.1) is 0 Å². The average Bonchev–Trinajstić information content (AvgIpc) is 3.12. The average molecular weight is 445 g/mol. The molecule has 1 aromatic heterocycles. The number of aryl methyl sites for hydroxylation is 1. The number of aromatic nitrogens is 1. The second-order valence-electron chi connectivity index (χ2n) is 6.99. The van der Waals surface area contributed by atoms with Crippen LogP contribution in [0.2, 0.25) is 0 Å². The van der Waals surface area contributed by atoms with Crippen LogP contribution >= 0.6 is 0 Å². The van der Waals surface area contributed by atoms with Crippen LogP contribution < -0.4 is 4.74 Å². The fraction of sp³-hybridized carbons (Fsp3) is 0.250. The summed E-state index contributed by atoms with van der Waals surface area (Å²) in [6, 6.07) is 11.8. The zero-order valence-electron chi connectivity index (χ0n) is 17.8. The highest BCUT2D eigenvalue weighted by Gasteiger charge is 2.30. The molecule has 0 saturated carbocycles. The zero-order chi connectivity index (χ0) is 23.3. The Morgan fingerprint density at radius 1 is 1.16 bits per heavy atom. The van der Waals surface area contributed by atoms with Crippen LogP contribution in [0.5, 0.6) is 5.75 Å². The maximum absolute atomic E-state index is 12.7. The SMILES string of the molecule is CCOC(=O)/C=C(/C)c1cccc(OCc2nc(-c3ccc(C(F)(F)F)cc3)oc2C)c1. The number of benzene rings is 2. The molecule has 0 radical (unpaired) electrons. The molecule has 0 aliphatic heterocycles. The van der Waals surface area contributed by atoms with Crippen molar-refractivity contribution in [3.8, 4) is 17.2 Å². The number of rotatable bonds is 7. The van der Waals surface area contributed by atoms with E-state index < -0.39 is 17.7 Å². The molecule has 2 aromatic carbocycles. The van der Waals surface area contributed by atoms with Crippen LogP contribution in [0.25, 0.3) is 17.0 Å². The molecular formula is C24H22F3NO4. The van der Waals surface area contributed by atoms with E-state index in [1.807, 2.05) is 6.07 Å². The van der Waals surface area contributed by atoms with Gasteiger partial charge in [0.1, 0.15) is 23.8 Å². The molecule has 1 heterocycles. The molecule has 168 valence electrons. The van der Waals surface area contributed by atoms with Crippen molar-refractivity contribution < 1.29 is 31.9 Å². The first-order valence-electron chi connectivity index (χ1n) is 9.89. The standard InChI is InChI=1S/C24H22F3NO4/c1-4-30-22(29)12-15(2)18-6-5-7-20(13-18)31-14-21-16(3)32-23(28-21)17-8-10-19(11-9-17)24(25,26)27/h5-13H,4,14H2,1-3H3/b15-12-. The van der Waals surface area contributed by atoms with Crippen molar-refractivity contribution in [1.29, 1.82) is 0 Å². The third-order valence-electron chi connectivity index (χ3n) is 4.64. The topological polar surface area (TPSA) is 61.6 Å². The normalized spacial score (nSPS) is 12.0. The van der Waals surface area contributed by atoms with E-state index in [2.05, 4.69) is 4.98 Å². The van der Waals surface area contributed by atoms with Gasteiger partial charge in [0.2, 0.25) is 5.89 Å². The zero-order valence-corrected chi connectivity index (χ0v) is 17.8. The number of alkyl halides is 3. The summed E-state index contributed by atoms with van der Waals surface area (Å²) in [6.45, 7) is 5.66. The molecule has 0 unspecified atom stereocenters. The van der Waals surface area contributed by atoms with Crippen molar-refractivity contribution in [3.63, 3.8) is 0 Å². The molecule has 0 saturated heterocycles. The molecule has 5 nitrogen and oxygen atoms in total. The van der Waals surface area contributed by atoms with E-state index in [9.17, 15) is 18.0 Å². The second kappa shape index (κ2) is 9.72. The van der Waals surface area contributed by atoms with E-state index in [4.69, 9.17) is 13.9 Å². The molecule has 0 fully saturated rings. The summed E-state index contributed by atoms with van der Waals surface area (Å²) >= 11 is 0. The molecule has 32 heavy (non-hydrogen) atoms. The monoisotopic (exact) mass is 445 g/mol. The molecule has 0 bridgehead atoms. The molecule has 3 aromatic rings. The smallest absolute Gasteiger partial charge is 0.416 e. The summed E-state index contributed by atoms with van der Waals surface area (Å²) in [5.74, 6) is 0.883. The highest BCUT2D eigenvalue weighted by Crippen LogP contribution is 2.31. The summed E-state index contributed by atoms with van der Waals surface area (Å²) in [5, 5.41) is 0. The first kappa shape index (κ1) is 23.1. The third kappa shape index (κ3) is 5.78. The first-order chi connectivity index (χ1) is 15.2. The van der Waals surface area contributed by atoms with Gasteiger partial charge in [0.25, 0.3) is 0 Å². The second-order valence-corrected chi connectivity index (χ2v) is 6.99. The van der Waals surface area contributed by atoms with Crippen molar-refractivity contribution in [2.45, 2.75) is 33.6 Å². The number of ether oxygens (including phenoxy) is 2. The van der Waals surface area contributed by atoms with Gasteiger partial charge in [-0.25, -0.2) is 9.78 Å². The highest BCUT2D eigenvalue weighted by atomic mass is 19.4. The van der Waals surface area contributed by atoms with Gasteiger partial charge in [-0.3, -0.25) is 0 Å². The van der Waals surface area contributed by atoms with Crippen LogP contribution in [0, 0.1) is 6.92 Å².